The van der Waals surface area contributed by atoms with Crippen LogP contribution in [0.25, 0.3) is 6.08 Å². The zero-order chi connectivity index (χ0) is 19.9. The van der Waals surface area contributed by atoms with Crippen molar-refractivity contribution in [1.29, 1.82) is 0 Å². The lowest BCUT2D eigenvalue weighted by Crippen LogP contribution is -2.21. The van der Waals surface area contributed by atoms with Gasteiger partial charge >= 0.3 is 0 Å². The number of allylic oxidation sites excluding steroid dienone is 1. The second-order valence-electron chi connectivity index (χ2n) is 8.55. The van der Waals surface area contributed by atoms with Crippen molar-refractivity contribution in [2.75, 3.05) is 0 Å². The zero-order valence-electron chi connectivity index (χ0n) is 17.0. The van der Waals surface area contributed by atoms with Crippen LogP contribution in [0.15, 0.2) is 78.4 Å². The van der Waals surface area contributed by atoms with Crippen molar-refractivity contribution < 1.29 is 5.11 Å². The molecule has 0 radical (unpaired) electrons. The summed E-state index contributed by atoms with van der Waals surface area (Å²) in [7, 11) is -0.780. The number of hydrogen-bond acceptors (Lipinski definition) is 1. The predicted octanol–water partition coefficient (Wildman–Crippen LogP) is 6.28. The molecule has 0 bridgehead atoms. The van der Waals surface area contributed by atoms with E-state index < -0.39 is 7.92 Å². The molecule has 28 heavy (non-hydrogen) atoms. The Morgan fingerprint density at radius 2 is 1.50 bits per heavy atom. The van der Waals surface area contributed by atoms with Crippen molar-refractivity contribution in [2.24, 2.45) is 0 Å². The largest absolute Gasteiger partial charge is 0.507 e. The van der Waals surface area contributed by atoms with E-state index in [0.29, 0.717) is 5.75 Å². The van der Waals surface area contributed by atoms with Crippen molar-refractivity contribution in [3.8, 4) is 5.75 Å². The van der Waals surface area contributed by atoms with Gasteiger partial charge in [0.25, 0.3) is 0 Å². The molecule has 3 aromatic rings. The van der Waals surface area contributed by atoms with Crippen LogP contribution in [0.3, 0.4) is 0 Å². The summed E-state index contributed by atoms with van der Waals surface area (Å²) in [6.45, 7) is 8.71. The lowest BCUT2D eigenvalue weighted by molar-refractivity contribution is 0.451. The molecule has 0 aliphatic heterocycles. The van der Waals surface area contributed by atoms with Gasteiger partial charge < -0.3 is 5.11 Å². The maximum absolute atomic E-state index is 11.3. The van der Waals surface area contributed by atoms with Gasteiger partial charge in [-0.1, -0.05) is 105 Å². The van der Waals surface area contributed by atoms with E-state index in [-0.39, 0.29) is 11.1 Å². The normalized spacial score (nSPS) is 17.1. The molecule has 4 rings (SSSR count). The number of para-hydroxylation sites is 1. The molecule has 2 unspecified atom stereocenters. The quantitative estimate of drug-likeness (QED) is 0.525. The molecular formula is C26H27OP. The summed E-state index contributed by atoms with van der Waals surface area (Å²) in [5.41, 5.74) is 5.25. The molecule has 3 aromatic carbocycles. The third-order valence-electron chi connectivity index (χ3n) is 5.48. The molecule has 0 spiro atoms. The van der Waals surface area contributed by atoms with Gasteiger partial charge in [0.15, 0.2) is 0 Å². The second kappa shape index (κ2) is 7.22. The molecule has 2 heteroatoms. The van der Waals surface area contributed by atoms with E-state index in [1.54, 1.807) is 0 Å². The summed E-state index contributed by atoms with van der Waals surface area (Å²) in [6, 6.07) is 25.7. The van der Waals surface area contributed by atoms with Gasteiger partial charge in [-0.25, -0.2) is 0 Å². The van der Waals surface area contributed by atoms with Crippen LogP contribution in [0.5, 0.6) is 5.75 Å². The van der Waals surface area contributed by atoms with Crippen LogP contribution in [-0.4, -0.2) is 5.11 Å². The maximum Gasteiger partial charge on any atom is 0.127 e. The van der Waals surface area contributed by atoms with Crippen molar-refractivity contribution in [1.82, 2.24) is 0 Å². The first-order valence-electron chi connectivity index (χ1n) is 9.82. The van der Waals surface area contributed by atoms with E-state index in [4.69, 9.17) is 0 Å². The van der Waals surface area contributed by atoms with E-state index >= 15 is 0 Å². The summed E-state index contributed by atoms with van der Waals surface area (Å²) in [5, 5.41) is 13.7. The maximum atomic E-state index is 11.3. The smallest absolute Gasteiger partial charge is 0.127 e. The number of benzene rings is 3. The van der Waals surface area contributed by atoms with Gasteiger partial charge in [-0.15, -0.1) is 0 Å². The molecule has 0 saturated heterocycles. The standard InChI is InChI=1S/C26H27OP/c1-18-17-19-11-8-9-14-21(19)25(18)28(20-12-6-5-7-13-20)23-16-10-15-22(24(23)27)26(2,3)4/h5-17,25,27H,1-4H3. The van der Waals surface area contributed by atoms with Crippen LogP contribution in [0.2, 0.25) is 0 Å². The van der Waals surface area contributed by atoms with E-state index in [0.717, 1.165) is 10.9 Å². The molecule has 1 aliphatic rings. The first-order chi connectivity index (χ1) is 13.4. The number of fused-ring (bicyclic) bond motifs is 1. The van der Waals surface area contributed by atoms with E-state index in [9.17, 15) is 5.11 Å². The highest BCUT2D eigenvalue weighted by molar-refractivity contribution is 7.73. The highest BCUT2D eigenvalue weighted by Gasteiger charge is 2.34. The average Bonchev–Trinajstić information content (AvgIpc) is 2.99. The third-order valence-corrected chi connectivity index (χ3v) is 8.42. The highest BCUT2D eigenvalue weighted by Crippen LogP contribution is 2.58. The fourth-order valence-corrected chi connectivity index (χ4v) is 7.09. The van der Waals surface area contributed by atoms with Gasteiger partial charge in [0.1, 0.15) is 5.75 Å². The zero-order valence-corrected chi connectivity index (χ0v) is 17.9. The second-order valence-corrected chi connectivity index (χ2v) is 10.8. The van der Waals surface area contributed by atoms with Gasteiger partial charge in [-0.3, -0.25) is 0 Å². The van der Waals surface area contributed by atoms with Gasteiger partial charge in [0, 0.05) is 11.0 Å². The molecule has 0 heterocycles. The fraction of sp³-hybridized carbons (Fsp3) is 0.231. The monoisotopic (exact) mass is 386 g/mol. The molecule has 1 N–H and O–H groups in total. The van der Waals surface area contributed by atoms with Crippen LogP contribution in [-0.2, 0) is 5.41 Å². The third kappa shape index (κ3) is 3.29. The minimum atomic E-state index is -0.780. The number of phenols is 1. The Morgan fingerprint density at radius 3 is 2.21 bits per heavy atom. The van der Waals surface area contributed by atoms with Crippen LogP contribution in [0.4, 0.5) is 0 Å². The van der Waals surface area contributed by atoms with E-state index in [1.807, 2.05) is 0 Å². The Kier molecular flexibility index (Phi) is 4.89. The summed E-state index contributed by atoms with van der Waals surface area (Å²) in [4.78, 5) is 0. The SMILES string of the molecule is CC1=Cc2ccccc2C1P(c1ccccc1)c1cccc(C(C)(C)C)c1O. The molecule has 1 nitrogen and oxygen atoms in total. The molecule has 0 aromatic heterocycles. The Hall–Kier alpha value is -2.37. The number of phenolic OH excluding ortho intramolecular Hbond substituents is 1. The Labute approximate surface area is 169 Å². The van der Waals surface area contributed by atoms with Crippen LogP contribution in [0, 0.1) is 0 Å². The van der Waals surface area contributed by atoms with Crippen molar-refractivity contribution in [3.63, 3.8) is 0 Å². The molecule has 1 aliphatic carbocycles. The minimum Gasteiger partial charge on any atom is -0.507 e. The van der Waals surface area contributed by atoms with Gasteiger partial charge in [0.2, 0.25) is 0 Å². The Balaban J connectivity index is 1.95. The summed E-state index contributed by atoms with van der Waals surface area (Å²) >= 11 is 0. The summed E-state index contributed by atoms with van der Waals surface area (Å²) < 4.78 is 0. The summed E-state index contributed by atoms with van der Waals surface area (Å²) in [5.74, 6) is 0.460. The lowest BCUT2D eigenvalue weighted by atomic mass is 9.86. The topological polar surface area (TPSA) is 20.2 Å². The van der Waals surface area contributed by atoms with E-state index in [1.165, 1.54) is 22.0 Å². The Morgan fingerprint density at radius 1 is 0.821 bits per heavy atom. The number of aromatic hydroxyl groups is 1. The van der Waals surface area contributed by atoms with E-state index in [2.05, 4.69) is 107 Å². The molecule has 0 amide bonds. The van der Waals surface area contributed by atoms with Gasteiger partial charge in [-0.05, 0) is 42.3 Å². The summed E-state index contributed by atoms with van der Waals surface area (Å²) in [6.07, 6.45) is 2.31. The molecule has 142 valence electrons. The van der Waals surface area contributed by atoms with Gasteiger partial charge in [0.05, 0.1) is 0 Å². The lowest BCUT2D eigenvalue weighted by Gasteiger charge is -2.30. The van der Waals surface area contributed by atoms with Crippen molar-refractivity contribution >= 4 is 24.6 Å². The van der Waals surface area contributed by atoms with Crippen molar-refractivity contribution in [3.05, 3.63) is 95.1 Å². The predicted molar refractivity (Wildman–Crippen MR) is 122 cm³/mol. The molecular weight excluding hydrogens is 359 g/mol. The average molecular weight is 386 g/mol. The highest BCUT2D eigenvalue weighted by atomic mass is 31.1. The van der Waals surface area contributed by atoms with Gasteiger partial charge in [-0.2, -0.15) is 0 Å². The molecule has 0 fully saturated rings. The molecule has 0 saturated carbocycles. The Bertz CT molecular complexity index is 1030. The minimum absolute atomic E-state index is 0.101. The molecule has 2 atom stereocenters. The first kappa shape index (κ1) is 19.0. The number of hydrogen-bond donors (Lipinski definition) is 1. The number of rotatable bonds is 3. The van der Waals surface area contributed by atoms with Crippen LogP contribution >= 0.6 is 7.92 Å². The van der Waals surface area contributed by atoms with Crippen LogP contribution < -0.4 is 10.6 Å². The first-order valence-corrected chi connectivity index (χ1v) is 11.2. The van der Waals surface area contributed by atoms with Crippen LogP contribution in [0.1, 0.15) is 50.0 Å². The van der Waals surface area contributed by atoms with Crippen molar-refractivity contribution in [2.45, 2.75) is 38.8 Å². The fourth-order valence-electron chi connectivity index (χ4n) is 4.15.